The molecule has 0 spiro atoms. The second-order valence-electron chi connectivity index (χ2n) is 4.06. The molecule has 0 saturated heterocycles. The van der Waals surface area contributed by atoms with Crippen molar-refractivity contribution >= 4 is 23.0 Å². The number of rotatable bonds is 7. The van der Waals surface area contributed by atoms with E-state index in [0.29, 0.717) is 30.9 Å². The van der Waals surface area contributed by atoms with Gasteiger partial charge in [-0.05, 0) is 12.5 Å². The Labute approximate surface area is 111 Å². The number of nitrogens with zero attached hydrogens (tertiary/aromatic N) is 1. The first kappa shape index (κ1) is 14.7. The van der Waals surface area contributed by atoms with E-state index in [2.05, 4.69) is 10.6 Å². The number of carbonyl (C=O) groups excluding carboxylic acids is 1. The summed E-state index contributed by atoms with van der Waals surface area (Å²) in [5.74, 6) is -0.0326. The third kappa shape index (κ3) is 4.82. The monoisotopic (exact) mass is 266 g/mol. The van der Waals surface area contributed by atoms with Crippen molar-refractivity contribution < 1.29 is 9.72 Å². The van der Waals surface area contributed by atoms with E-state index in [9.17, 15) is 14.9 Å². The number of anilines is 2. The van der Waals surface area contributed by atoms with Crippen molar-refractivity contribution in [3.63, 3.8) is 0 Å². The number of hydrogen-bond acceptors (Lipinski definition) is 5. The Morgan fingerprint density at radius 3 is 2.74 bits per heavy atom. The molecule has 0 aliphatic carbocycles. The number of amides is 1. The molecule has 0 bridgehead atoms. The molecule has 0 radical (unpaired) electrons. The highest BCUT2D eigenvalue weighted by Crippen LogP contribution is 2.23. The SMILES string of the molecule is CCCNC(=O)CCNc1ccc([N+](=O)[O-])cc1N. The Balaban J connectivity index is 2.45. The fraction of sp³-hybridized carbons (Fsp3) is 0.417. The van der Waals surface area contributed by atoms with Crippen molar-refractivity contribution in [1.82, 2.24) is 5.32 Å². The van der Waals surface area contributed by atoms with E-state index in [4.69, 9.17) is 5.73 Å². The molecule has 1 rings (SSSR count). The maximum atomic E-state index is 11.3. The van der Waals surface area contributed by atoms with Crippen LogP contribution in [0, 0.1) is 10.1 Å². The van der Waals surface area contributed by atoms with E-state index in [-0.39, 0.29) is 11.6 Å². The molecule has 19 heavy (non-hydrogen) atoms. The quantitative estimate of drug-likeness (QED) is 0.393. The largest absolute Gasteiger partial charge is 0.397 e. The fourth-order valence-corrected chi connectivity index (χ4v) is 1.49. The van der Waals surface area contributed by atoms with Gasteiger partial charge in [-0.3, -0.25) is 14.9 Å². The van der Waals surface area contributed by atoms with Crippen molar-refractivity contribution in [1.29, 1.82) is 0 Å². The van der Waals surface area contributed by atoms with Gasteiger partial charge in [0, 0.05) is 31.6 Å². The fourth-order valence-electron chi connectivity index (χ4n) is 1.49. The van der Waals surface area contributed by atoms with Gasteiger partial charge in [-0.25, -0.2) is 0 Å². The molecule has 1 amide bonds. The second kappa shape index (κ2) is 7.20. The topological polar surface area (TPSA) is 110 Å². The number of carbonyl (C=O) groups is 1. The summed E-state index contributed by atoms with van der Waals surface area (Å²) in [5.41, 5.74) is 6.52. The van der Waals surface area contributed by atoms with Crippen molar-refractivity contribution in [2.45, 2.75) is 19.8 Å². The lowest BCUT2D eigenvalue weighted by atomic mass is 10.2. The van der Waals surface area contributed by atoms with Crippen LogP contribution in [-0.4, -0.2) is 23.9 Å². The average Bonchev–Trinajstić information content (AvgIpc) is 2.38. The number of nitro groups is 1. The van der Waals surface area contributed by atoms with Gasteiger partial charge in [-0.15, -0.1) is 0 Å². The van der Waals surface area contributed by atoms with Crippen LogP contribution in [0.2, 0.25) is 0 Å². The lowest BCUT2D eigenvalue weighted by molar-refractivity contribution is -0.384. The summed E-state index contributed by atoms with van der Waals surface area (Å²) in [4.78, 5) is 21.4. The third-order valence-corrected chi connectivity index (χ3v) is 2.49. The Hall–Kier alpha value is -2.31. The van der Waals surface area contributed by atoms with Crippen LogP contribution >= 0.6 is 0 Å². The van der Waals surface area contributed by atoms with Gasteiger partial charge in [-0.1, -0.05) is 6.92 Å². The smallest absolute Gasteiger partial charge is 0.271 e. The Morgan fingerprint density at radius 1 is 1.42 bits per heavy atom. The van der Waals surface area contributed by atoms with Crippen LogP contribution in [0.3, 0.4) is 0 Å². The molecular formula is C12H18N4O3. The van der Waals surface area contributed by atoms with Gasteiger partial charge in [0.15, 0.2) is 0 Å². The van der Waals surface area contributed by atoms with E-state index in [1.807, 2.05) is 6.92 Å². The third-order valence-electron chi connectivity index (χ3n) is 2.49. The predicted molar refractivity (Wildman–Crippen MR) is 73.9 cm³/mol. The van der Waals surface area contributed by atoms with Gasteiger partial charge in [-0.2, -0.15) is 0 Å². The summed E-state index contributed by atoms with van der Waals surface area (Å²) in [6.45, 7) is 3.08. The van der Waals surface area contributed by atoms with Gasteiger partial charge in [0.05, 0.1) is 16.3 Å². The van der Waals surface area contributed by atoms with Crippen molar-refractivity contribution in [2.75, 3.05) is 24.1 Å². The minimum atomic E-state index is -0.502. The molecule has 0 saturated carbocycles. The van der Waals surface area contributed by atoms with Gasteiger partial charge >= 0.3 is 0 Å². The lowest BCUT2D eigenvalue weighted by Crippen LogP contribution is -2.25. The summed E-state index contributed by atoms with van der Waals surface area (Å²) in [7, 11) is 0. The van der Waals surface area contributed by atoms with Gasteiger partial charge in [0.2, 0.25) is 5.91 Å². The first-order chi connectivity index (χ1) is 9.04. The molecule has 7 heteroatoms. The normalized spacial score (nSPS) is 9.95. The van der Waals surface area contributed by atoms with Crippen molar-refractivity contribution in [2.24, 2.45) is 0 Å². The van der Waals surface area contributed by atoms with E-state index >= 15 is 0 Å². The Morgan fingerprint density at radius 2 is 2.16 bits per heavy atom. The molecule has 4 N–H and O–H groups in total. The Kier molecular flexibility index (Phi) is 5.59. The number of non-ortho nitro benzene ring substituents is 1. The number of nitro benzene ring substituents is 1. The molecule has 0 aliphatic heterocycles. The number of nitrogens with two attached hydrogens (primary N) is 1. The molecule has 1 aromatic rings. The van der Waals surface area contributed by atoms with E-state index in [1.165, 1.54) is 18.2 Å². The van der Waals surface area contributed by atoms with Crippen LogP contribution in [0.5, 0.6) is 0 Å². The number of benzene rings is 1. The highest BCUT2D eigenvalue weighted by Gasteiger charge is 2.08. The molecule has 0 aliphatic rings. The molecular weight excluding hydrogens is 248 g/mol. The highest BCUT2D eigenvalue weighted by molar-refractivity contribution is 5.77. The standard InChI is InChI=1S/C12H18N4O3/c1-2-6-15-12(17)5-7-14-11-4-3-9(16(18)19)8-10(11)13/h3-4,8,14H,2,5-7,13H2,1H3,(H,15,17). The second-order valence-corrected chi connectivity index (χ2v) is 4.06. The molecule has 0 fully saturated rings. The average molecular weight is 266 g/mol. The van der Waals surface area contributed by atoms with Crippen LogP contribution in [-0.2, 0) is 4.79 Å². The zero-order valence-electron chi connectivity index (χ0n) is 10.8. The minimum absolute atomic E-state index is 0.0326. The summed E-state index contributed by atoms with van der Waals surface area (Å²) < 4.78 is 0. The van der Waals surface area contributed by atoms with Crippen LogP contribution in [0.1, 0.15) is 19.8 Å². The molecule has 0 atom stereocenters. The molecule has 0 unspecified atom stereocenters. The van der Waals surface area contributed by atoms with Crippen LogP contribution in [0.15, 0.2) is 18.2 Å². The maximum Gasteiger partial charge on any atom is 0.271 e. The van der Waals surface area contributed by atoms with E-state index in [1.54, 1.807) is 0 Å². The summed E-state index contributed by atoms with van der Waals surface area (Å²) in [5, 5.41) is 16.3. The van der Waals surface area contributed by atoms with E-state index in [0.717, 1.165) is 6.42 Å². The molecule has 104 valence electrons. The zero-order valence-corrected chi connectivity index (χ0v) is 10.8. The Bertz CT molecular complexity index is 462. The molecule has 1 aromatic carbocycles. The number of nitrogens with one attached hydrogen (secondary N) is 2. The molecule has 7 nitrogen and oxygen atoms in total. The van der Waals surface area contributed by atoms with E-state index < -0.39 is 4.92 Å². The number of nitrogen functional groups attached to an aromatic ring is 1. The molecule has 0 heterocycles. The lowest BCUT2D eigenvalue weighted by Gasteiger charge is -2.09. The van der Waals surface area contributed by atoms with Crippen molar-refractivity contribution in [3.05, 3.63) is 28.3 Å². The van der Waals surface area contributed by atoms with Crippen LogP contribution in [0.25, 0.3) is 0 Å². The van der Waals surface area contributed by atoms with Crippen LogP contribution < -0.4 is 16.4 Å². The van der Waals surface area contributed by atoms with Gasteiger partial charge in [0.25, 0.3) is 5.69 Å². The van der Waals surface area contributed by atoms with Crippen molar-refractivity contribution in [3.8, 4) is 0 Å². The highest BCUT2D eigenvalue weighted by atomic mass is 16.6. The predicted octanol–water partition coefficient (Wildman–Crippen LogP) is 1.51. The van der Waals surface area contributed by atoms with Crippen LogP contribution in [0.4, 0.5) is 17.1 Å². The first-order valence-corrected chi connectivity index (χ1v) is 6.09. The summed E-state index contributed by atoms with van der Waals surface area (Å²) in [6.07, 6.45) is 1.23. The maximum absolute atomic E-state index is 11.3. The summed E-state index contributed by atoms with van der Waals surface area (Å²) >= 11 is 0. The zero-order chi connectivity index (χ0) is 14.3. The minimum Gasteiger partial charge on any atom is -0.397 e. The van der Waals surface area contributed by atoms with Gasteiger partial charge in [0.1, 0.15) is 0 Å². The molecule has 0 aromatic heterocycles. The van der Waals surface area contributed by atoms with Gasteiger partial charge < -0.3 is 16.4 Å². The first-order valence-electron chi connectivity index (χ1n) is 6.09. The summed E-state index contributed by atoms with van der Waals surface area (Å²) in [6, 6.07) is 4.20. The number of hydrogen-bond donors (Lipinski definition) is 3.